The third kappa shape index (κ3) is 4.93. The lowest BCUT2D eigenvalue weighted by Crippen LogP contribution is -2.20. The van der Waals surface area contributed by atoms with Gasteiger partial charge >= 0.3 is 0 Å². The van der Waals surface area contributed by atoms with E-state index in [2.05, 4.69) is 43.2 Å². The molecule has 0 bridgehead atoms. The van der Waals surface area contributed by atoms with E-state index in [9.17, 15) is 0 Å². The highest BCUT2D eigenvalue weighted by molar-refractivity contribution is 5.13. The maximum absolute atomic E-state index is 4.02. The minimum Gasteiger partial charge on any atom is -0.310 e. The Bertz CT molecular complexity index is 256. The van der Waals surface area contributed by atoms with Crippen molar-refractivity contribution in [2.45, 2.75) is 39.7 Å². The zero-order valence-electron chi connectivity index (χ0n) is 10.0. The number of nitrogens with zero attached hydrogens (tertiary/aromatic N) is 1. The van der Waals surface area contributed by atoms with Crippen molar-refractivity contribution in [2.24, 2.45) is 5.92 Å². The average Bonchev–Trinajstić information content (AvgIpc) is 2.25. The number of hydrogen-bond acceptors (Lipinski definition) is 2. The van der Waals surface area contributed by atoms with E-state index in [4.69, 9.17) is 0 Å². The van der Waals surface area contributed by atoms with Crippen LogP contribution in [0.5, 0.6) is 0 Å². The Hall–Kier alpha value is -0.890. The van der Waals surface area contributed by atoms with Gasteiger partial charge in [0.2, 0.25) is 0 Å². The van der Waals surface area contributed by atoms with E-state index >= 15 is 0 Å². The highest BCUT2D eigenvalue weighted by Crippen LogP contribution is 2.10. The van der Waals surface area contributed by atoms with Gasteiger partial charge in [-0.15, -0.1) is 0 Å². The quantitative estimate of drug-likeness (QED) is 0.723. The summed E-state index contributed by atoms with van der Waals surface area (Å²) in [6.07, 6.45) is 6.26. The van der Waals surface area contributed by atoms with Crippen LogP contribution in [0.1, 0.15) is 45.2 Å². The fourth-order valence-electron chi connectivity index (χ4n) is 1.60. The summed E-state index contributed by atoms with van der Waals surface area (Å²) in [5, 5.41) is 3.53. The van der Waals surface area contributed by atoms with E-state index in [1.807, 2.05) is 12.4 Å². The van der Waals surface area contributed by atoms with E-state index in [1.165, 1.54) is 18.4 Å². The molecule has 0 radical (unpaired) electrons. The fraction of sp³-hybridized carbons (Fsp3) is 0.615. The van der Waals surface area contributed by atoms with E-state index in [1.54, 1.807) is 0 Å². The monoisotopic (exact) mass is 206 g/mol. The van der Waals surface area contributed by atoms with Crippen LogP contribution in [0.15, 0.2) is 24.5 Å². The zero-order chi connectivity index (χ0) is 11.1. The molecule has 15 heavy (non-hydrogen) atoms. The Kier molecular flexibility index (Phi) is 5.33. The second-order valence-corrected chi connectivity index (χ2v) is 4.49. The highest BCUT2D eigenvalue weighted by atomic mass is 14.9. The van der Waals surface area contributed by atoms with Crippen molar-refractivity contribution in [3.8, 4) is 0 Å². The van der Waals surface area contributed by atoms with Crippen molar-refractivity contribution >= 4 is 0 Å². The van der Waals surface area contributed by atoms with Gasteiger partial charge in [0.05, 0.1) is 0 Å². The van der Waals surface area contributed by atoms with Crippen molar-refractivity contribution in [1.29, 1.82) is 0 Å². The SMILES string of the molecule is CC(C)CCCN[C@H](C)c1ccncc1. The van der Waals surface area contributed by atoms with Crippen LogP contribution in [0.4, 0.5) is 0 Å². The summed E-state index contributed by atoms with van der Waals surface area (Å²) in [5.74, 6) is 0.808. The minimum absolute atomic E-state index is 0.431. The molecule has 1 N–H and O–H groups in total. The molecule has 0 saturated heterocycles. The predicted molar refractivity (Wildman–Crippen MR) is 64.7 cm³/mol. The van der Waals surface area contributed by atoms with Gasteiger partial charge in [0.25, 0.3) is 0 Å². The Morgan fingerprint density at radius 2 is 1.87 bits per heavy atom. The molecule has 0 aliphatic rings. The van der Waals surface area contributed by atoms with Crippen molar-refractivity contribution in [1.82, 2.24) is 10.3 Å². The van der Waals surface area contributed by atoms with Crippen LogP contribution >= 0.6 is 0 Å². The third-order valence-electron chi connectivity index (χ3n) is 2.61. The maximum Gasteiger partial charge on any atom is 0.0292 e. The molecule has 0 aromatic carbocycles. The van der Waals surface area contributed by atoms with Crippen LogP contribution < -0.4 is 5.32 Å². The van der Waals surface area contributed by atoms with Gasteiger partial charge in [0.15, 0.2) is 0 Å². The minimum atomic E-state index is 0.431. The Morgan fingerprint density at radius 3 is 2.47 bits per heavy atom. The number of nitrogens with one attached hydrogen (secondary N) is 1. The molecule has 0 aliphatic carbocycles. The first-order valence-corrected chi connectivity index (χ1v) is 5.83. The first-order chi connectivity index (χ1) is 7.20. The highest BCUT2D eigenvalue weighted by Gasteiger charge is 2.03. The number of pyridine rings is 1. The fourth-order valence-corrected chi connectivity index (χ4v) is 1.60. The smallest absolute Gasteiger partial charge is 0.0292 e. The third-order valence-corrected chi connectivity index (χ3v) is 2.61. The molecule has 0 amide bonds. The summed E-state index contributed by atoms with van der Waals surface area (Å²) in [7, 11) is 0. The lowest BCUT2D eigenvalue weighted by Gasteiger charge is -2.14. The molecular weight excluding hydrogens is 184 g/mol. The standard InChI is InChI=1S/C13H22N2/c1-11(2)5-4-8-15-12(3)13-6-9-14-10-7-13/h6-7,9-12,15H,4-5,8H2,1-3H3/t12-/m1/s1. The number of aromatic nitrogens is 1. The molecule has 2 nitrogen and oxygen atoms in total. The molecule has 0 aliphatic heterocycles. The molecule has 1 aromatic heterocycles. The molecule has 1 rings (SSSR count). The van der Waals surface area contributed by atoms with Gasteiger partial charge in [0.1, 0.15) is 0 Å². The van der Waals surface area contributed by atoms with Crippen molar-refractivity contribution in [3.05, 3.63) is 30.1 Å². The summed E-state index contributed by atoms with van der Waals surface area (Å²) in [6.45, 7) is 7.84. The normalized spacial score (nSPS) is 13.1. The van der Waals surface area contributed by atoms with E-state index in [0.29, 0.717) is 6.04 Å². The largest absolute Gasteiger partial charge is 0.310 e. The summed E-state index contributed by atoms with van der Waals surface area (Å²) in [4.78, 5) is 4.02. The Morgan fingerprint density at radius 1 is 1.20 bits per heavy atom. The topological polar surface area (TPSA) is 24.9 Å². The molecular formula is C13H22N2. The van der Waals surface area contributed by atoms with Crippen molar-refractivity contribution < 1.29 is 0 Å². The summed E-state index contributed by atoms with van der Waals surface area (Å²) in [6, 6.07) is 4.57. The Balaban J connectivity index is 2.22. The van der Waals surface area contributed by atoms with Gasteiger partial charge in [0, 0.05) is 18.4 Å². The molecule has 0 spiro atoms. The first kappa shape index (κ1) is 12.2. The first-order valence-electron chi connectivity index (χ1n) is 5.83. The lowest BCUT2D eigenvalue weighted by molar-refractivity contribution is 0.497. The van der Waals surface area contributed by atoms with E-state index in [-0.39, 0.29) is 0 Å². The molecule has 0 saturated carbocycles. The average molecular weight is 206 g/mol. The van der Waals surface area contributed by atoms with Gasteiger partial charge < -0.3 is 5.32 Å². The van der Waals surface area contributed by atoms with Crippen LogP contribution in [-0.2, 0) is 0 Å². The van der Waals surface area contributed by atoms with Gasteiger partial charge in [-0.1, -0.05) is 13.8 Å². The van der Waals surface area contributed by atoms with E-state index in [0.717, 1.165) is 12.5 Å². The van der Waals surface area contributed by atoms with Gasteiger partial charge in [-0.05, 0) is 49.9 Å². The van der Waals surface area contributed by atoms with Crippen LogP contribution in [0.3, 0.4) is 0 Å². The van der Waals surface area contributed by atoms with Gasteiger partial charge in [-0.3, -0.25) is 4.98 Å². The van der Waals surface area contributed by atoms with Crippen LogP contribution in [0.25, 0.3) is 0 Å². The predicted octanol–water partition coefficient (Wildman–Crippen LogP) is 3.17. The summed E-state index contributed by atoms with van der Waals surface area (Å²) >= 11 is 0. The van der Waals surface area contributed by atoms with E-state index < -0.39 is 0 Å². The van der Waals surface area contributed by atoms with Crippen LogP contribution in [0.2, 0.25) is 0 Å². The molecule has 1 aromatic rings. The number of rotatable bonds is 6. The molecule has 1 atom stereocenters. The second kappa shape index (κ2) is 6.57. The van der Waals surface area contributed by atoms with Crippen molar-refractivity contribution in [2.75, 3.05) is 6.54 Å². The number of hydrogen-bond donors (Lipinski definition) is 1. The lowest BCUT2D eigenvalue weighted by atomic mass is 10.1. The van der Waals surface area contributed by atoms with Gasteiger partial charge in [-0.25, -0.2) is 0 Å². The molecule has 1 heterocycles. The van der Waals surface area contributed by atoms with Crippen molar-refractivity contribution in [3.63, 3.8) is 0 Å². The molecule has 0 fully saturated rings. The molecule has 84 valence electrons. The molecule has 0 unspecified atom stereocenters. The summed E-state index contributed by atoms with van der Waals surface area (Å²) in [5.41, 5.74) is 1.31. The zero-order valence-corrected chi connectivity index (χ0v) is 10.0. The van der Waals surface area contributed by atoms with Crippen LogP contribution in [-0.4, -0.2) is 11.5 Å². The van der Waals surface area contributed by atoms with Gasteiger partial charge in [-0.2, -0.15) is 0 Å². The summed E-state index contributed by atoms with van der Waals surface area (Å²) < 4.78 is 0. The van der Waals surface area contributed by atoms with Crippen LogP contribution in [0, 0.1) is 5.92 Å². The maximum atomic E-state index is 4.02. The molecule has 2 heteroatoms. The second-order valence-electron chi connectivity index (χ2n) is 4.49. The Labute approximate surface area is 93.1 Å².